The molecule has 0 spiro atoms. The van der Waals surface area contributed by atoms with E-state index >= 15 is 0 Å². The third-order valence-electron chi connectivity index (χ3n) is 2.34. The van der Waals surface area contributed by atoms with E-state index in [4.69, 9.17) is 9.84 Å². The van der Waals surface area contributed by atoms with Gasteiger partial charge in [-0.3, -0.25) is 0 Å². The van der Waals surface area contributed by atoms with Gasteiger partial charge in [-0.1, -0.05) is 48.8 Å². The summed E-state index contributed by atoms with van der Waals surface area (Å²) in [5.74, 6) is -0.922. The van der Waals surface area contributed by atoms with Crippen molar-refractivity contribution < 1.29 is 14.6 Å². The molecule has 0 saturated heterocycles. The van der Waals surface area contributed by atoms with Gasteiger partial charge in [-0.05, 0) is 23.1 Å². The number of hydrogen-bond donors (Lipinski definition) is 1. The lowest BCUT2D eigenvalue weighted by molar-refractivity contribution is -0.159. The summed E-state index contributed by atoms with van der Waals surface area (Å²) in [6.07, 6.45) is -0.800. The monoisotopic (exact) mass is 300 g/mol. The van der Waals surface area contributed by atoms with E-state index in [0.29, 0.717) is 6.61 Å². The predicted octanol–water partition coefficient (Wildman–Crippen LogP) is 3.47. The molecule has 0 amide bonds. The fourth-order valence-electron chi connectivity index (χ4n) is 1.45. The third-order valence-corrected chi connectivity index (χ3v) is 2.87. The average Bonchev–Trinajstić information content (AvgIpc) is 2.18. The van der Waals surface area contributed by atoms with Gasteiger partial charge in [0, 0.05) is 4.47 Å². The first-order chi connectivity index (χ1) is 7.80. The Bertz CT molecular complexity index is 379. The molecule has 0 bridgehead atoms. The van der Waals surface area contributed by atoms with Crippen LogP contribution in [0.2, 0.25) is 0 Å². The van der Waals surface area contributed by atoms with Crippen molar-refractivity contribution in [2.45, 2.75) is 33.5 Å². The highest BCUT2D eigenvalue weighted by Gasteiger charge is 2.31. The second-order valence-electron chi connectivity index (χ2n) is 5.02. The Morgan fingerprint density at radius 3 is 2.29 bits per heavy atom. The number of carboxylic acid groups (broad SMARTS) is 1. The quantitative estimate of drug-likeness (QED) is 0.926. The summed E-state index contributed by atoms with van der Waals surface area (Å²) in [6.45, 7) is 5.87. The van der Waals surface area contributed by atoms with Crippen molar-refractivity contribution in [3.63, 3.8) is 0 Å². The molecule has 94 valence electrons. The fourth-order valence-corrected chi connectivity index (χ4v) is 1.72. The van der Waals surface area contributed by atoms with Crippen LogP contribution in [0.1, 0.15) is 26.3 Å². The maximum atomic E-state index is 11.1. The summed E-state index contributed by atoms with van der Waals surface area (Å²) in [4.78, 5) is 11.1. The van der Waals surface area contributed by atoms with Crippen molar-refractivity contribution >= 4 is 21.9 Å². The number of aliphatic carboxylic acids is 1. The first-order valence-electron chi connectivity index (χ1n) is 5.39. The van der Waals surface area contributed by atoms with Gasteiger partial charge in [0.2, 0.25) is 0 Å². The van der Waals surface area contributed by atoms with Crippen LogP contribution < -0.4 is 0 Å². The van der Waals surface area contributed by atoms with Crippen LogP contribution in [0.4, 0.5) is 0 Å². The number of hydrogen-bond acceptors (Lipinski definition) is 2. The third kappa shape index (κ3) is 4.48. The van der Waals surface area contributed by atoms with E-state index in [2.05, 4.69) is 15.9 Å². The van der Waals surface area contributed by atoms with Crippen molar-refractivity contribution in [3.05, 3.63) is 34.3 Å². The molecular formula is C13H17BrO3. The van der Waals surface area contributed by atoms with Gasteiger partial charge >= 0.3 is 5.97 Å². The summed E-state index contributed by atoms with van der Waals surface area (Å²) < 4.78 is 6.47. The number of rotatable bonds is 4. The lowest BCUT2D eigenvalue weighted by Gasteiger charge is -2.26. The second kappa shape index (κ2) is 5.65. The van der Waals surface area contributed by atoms with E-state index in [1.165, 1.54) is 0 Å². The highest BCUT2D eigenvalue weighted by Crippen LogP contribution is 2.23. The zero-order valence-electron chi connectivity index (χ0n) is 10.2. The minimum atomic E-state index is -0.922. The molecular weight excluding hydrogens is 284 g/mol. The molecule has 0 fully saturated rings. The number of carboxylic acids is 1. The molecule has 1 aromatic rings. The summed E-state index contributed by atoms with van der Waals surface area (Å²) in [5, 5.41) is 9.10. The average molecular weight is 301 g/mol. The first-order valence-corrected chi connectivity index (χ1v) is 6.19. The summed E-state index contributed by atoms with van der Waals surface area (Å²) in [7, 11) is 0. The van der Waals surface area contributed by atoms with Gasteiger partial charge in [0.05, 0.1) is 6.61 Å². The smallest absolute Gasteiger partial charge is 0.333 e. The Balaban J connectivity index is 2.65. The maximum Gasteiger partial charge on any atom is 0.333 e. The van der Waals surface area contributed by atoms with Crippen molar-refractivity contribution in [1.82, 2.24) is 0 Å². The first kappa shape index (κ1) is 14.2. The lowest BCUT2D eigenvalue weighted by Crippen LogP contribution is -2.36. The van der Waals surface area contributed by atoms with Crippen molar-refractivity contribution in [1.29, 1.82) is 0 Å². The van der Waals surface area contributed by atoms with E-state index in [1.54, 1.807) is 0 Å². The molecule has 17 heavy (non-hydrogen) atoms. The Labute approximate surface area is 110 Å². The Morgan fingerprint density at radius 1 is 1.35 bits per heavy atom. The zero-order chi connectivity index (χ0) is 13.1. The fraction of sp³-hybridized carbons (Fsp3) is 0.462. The molecule has 1 unspecified atom stereocenters. The lowest BCUT2D eigenvalue weighted by atomic mass is 9.89. The Morgan fingerprint density at radius 2 is 1.88 bits per heavy atom. The van der Waals surface area contributed by atoms with Crippen molar-refractivity contribution in [2.75, 3.05) is 0 Å². The molecule has 0 saturated carbocycles. The van der Waals surface area contributed by atoms with Gasteiger partial charge in [0.15, 0.2) is 6.10 Å². The second-order valence-corrected chi connectivity index (χ2v) is 5.94. The molecule has 1 rings (SSSR count). The van der Waals surface area contributed by atoms with E-state index in [1.807, 2.05) is 45.0 Å². The standard InChI is InChI=1S/C13H17BrO3/c1-13(2,3)11(12(15)16)17-8-9-4-6-10(14)7-5-9/h4-7,11H,8H2,1-3H3,(H,15,16). The number of ether oxygens (including phenoxy) is 1. The summed E-state index contributed by atoms with van der Waals surface area (Å²) >= 11 is 3.35. The van der Waals surface area contributed by atoms with E-state index in [9.17, 15) is 4.79 Å². The minimum Gasteiger partial charge on any atom is -0.479 e. The molecule has 0 aromatic heterocycles. The minimum absolute atomic E-state index is 0.307. The molecule has 4 heteroatoms. The Kier molecular flexibility index (Phi) is 4.71. The molecule has 1 atom stereocenters. The van der Waals surface area contributed by atoms with Gasteiger partial charge in [-0.15, -0.1) is 0 Å². The van der Waals surface area contributed by atoms with Gasteiger partial charge in [-0.2, -0.15) is 0 Å². The highest BCUT2D eigenvalue weighted by atomic mass is 79.9. The van der Waals surface area contributed by atoms with Gasteiger partial charge in [0.1, 0.15) is 0 Å². The Hall–Kier alpha value is -0.870. The van der Waals surface area contributed by atoms with Crippen LogP contribution in [-0.2, 0) is 16.1 Å². The van der Waals surface area contributed by atoms with Crippen LogP contribution in [0.5, 0.6) is 0 Å². The highest BCUT2D eigenvalue weighted by molar-refractivity contribution is 9.10. The normalized spacial score (nSPS) is 13.4. The largest absolute Gasteiger partial charge is 0.479 e. The van der Waals surface area contributed by atoms with Crippen LogP contribution >= 0.6 is 15.9 Å². The topological polar surface area (TPSA) is 46.5 Å². The van der Waals surface area contributed by atoms with Gasteiger partial charge in [-0.25, -0.2) is 4.79 Å². The van der Waals surface area contributed by atoms with Crippen molar-refractivity contribution in [2.24, 2.45) is 5.41 Å². The maximum absolute atomic E-state index is 11.1. The van der Waals surface area contributed by atoms with Crippen molar-refractivity contribution in [3.8, 4) is 0 Å². The predicted molar refractivity (Wildman–Crippen MR) is 69.8 cm³/mol. The molecule has 1 N–H and O–H groups in total. The zero-order valence-corrected chi connectivity index (χ0v) is 11.8. The molecule has 0 radical (unpaired) electrons. The number of carbonyl (C=O) groups is 1. The molecule has 0 aliphatic heterocycles. The SMILES string of the molecule is CC(C)(C)C(OCc1ccc(Br)cc1)C(=O)O. The van der Waals surface area contributed by atoms with E-state index in [0.717, 1.165) is 10.0 Å². The van der Waals surface area contributed by atoms with E-state index < -0.39 is 17.5 Å². The van der Waals surface area contributed by atoms with Crippen LogP contribution in [-0.4, -0.2) is 17.2 Å². The number of benzene rings is 1. The molecule has 1 aromatic carbocycles. The molecule has 0 aliphatic rings. The van der Waals surface area contributed by atoms with Crippen LogP contribution in [0.3, 0.4) is 0 Å². The molecule has 0 heterocycles. The van der Waals surface area contributed by atoms with Crippen LogP contribution in [0, 0.1) is 5.41 Å². The van der Waals surface area contributed by atoms with Gasteiger partial charge in [0.25, 0.3) is 0 Å². The summed E-state index contributed by atoms with van der Waals surface area (Å²) in [5.41, 5.74) is 0.546. The van der Waals surface area contributed by atoms with Crippen LogP contribution in [0.15, 0.2) is 28.7 Å². The molecule has 0 aliphatic carbocycles. The molecule has 3 nitrogen and oxygen atoms in total. The number of halogens is 1. The summed E-state index contributed by atoms with van der Waals surface area (Å²) in [6, 6.07) is 7.63. The van der Waals surface area contributed by atoms with Gasteiger partial charge < -0.3 is 9.84 Å². The van der Waals surface area contributed by atoms with E-state index in [-0.39, 0.29) is 0 Å². The van der Waals surface area contributed by atoms with Crippen LogP contribution in [0.25, 0.3) is 0 Å².